The van der Waals surface area contributed by atoms with Gasteiger partial charge in [-0.3, -0.25) is 0 Å². The van der Waals surface area contributed by atoms with Crippen molar-refractivity contribution in [2.24, 2.45) is 5.41 Å². The summed E-state index contributed by atoms with van der Waals surface area (Å²) in [6.45, 7) is 7.21. The van der Waals surface area contributed by atoms with Crippen LogP contribution in [-0.4, -0.2) is 43.4 Å². The van der Waals surface area contributed by atoms with Crippen LogP contribution in [0.5, 0.6) is 0 Å². The molecule has 5 heteroatoms. The van der Waals surface area contributed by atoms with Crippen LogP contribution in [0, 0.1) is 5.41 Å². The molecule has 1 spiro atoms. The first-order chi connectivity index (χ1) is 10.1. The Kier molecular flexibility index (Phi) is 3.85. The zero-order valence-corrected chi connectivity index (χ0v) is 12.7. The second-order valence-corrected chi connectivity index (χ2v) is 6.30. The number of anilines is 1. The van der Waals surface area contributed by atoms with Crippen molar-refractivity contribution in [1.29, 1.82) is 0 Å². The molecule has 3 heterocycles. The molecule has 0 radical (unpaired) electrons. The lowest BCUT2D eigenvalue weighted by Crippen LogP contribution is -2.29. The SMILES string of the molecule is CC(C)OC(=O)c1cccnc1N1CC[C@]2(CCOC2)C1. The molecule has 0 bridgehead atoms. The smallest absolute Gasteiger partial charge is 0.342 e. The molecular weight excluding hydrogens is 268 g/mol. The van der Waals surface area contributed by atoms with Gasteiger partial charge in [0.2, 0.25) is 0 Å². The van der Waals surface area contributed by atoms with Gasteiger partial charge in [-0.2, -0.15) is 0 Å². The van der Waals surface area contributed by atoms with Gasteiger partial charge in [-0.1, -0.05) is 0 Å². The number of carbonyl (C=O) groups excluding carboxylic acids is 1. The van der Waals surface area contributed by atoms with Crippen molar-refractivity contribution < 1.29 is 14.3 Å². The zero-order valence-electron chi connectivity index (χ0n) is 12.7. The molecule has 1 atom stereocenters. The van der Waals surface area contributed by atoms with Gasteiger partial charge in [0.05, 0.1) is 12.7 Å². The van der Waals surface area contributed by atoms with Crippen molar-refractivity contribution in [3.63, 3.8) is 0 Å². The Morgan fingerprint density at radius 1 is 1.48 bits per heavy atom. The Morgan fingerprint density at radius 2 is 2.33 bits per heavy atom. The second kappa shape index (κ2) is 5.64. The molecular formula is C16H22N2O3. The molecule has 2 saturated heterocycles. The van der Waals surface area contributed by atoms with Crippen LogP contribution in [0.1, 0.15) is 37.0 Å². The Bertz CT molecular complexity index is 524. The van der Waals surface area contributed by atoms with E-state index in [9.17, 15) is 4.79 Å². The van der Waals surface area contributed by atoms with Crippen LogP contribution in [0.15, 0.2) is 18.3 Å². The summed E-state index contributed by atoms with van der Waals surface area (Å²) in [5.74, 6) is 0.448. The van der Waals surface area contributed by atoms with Crippen LogP contribution in [0.4, 0.5) is 5.82 Å². The van der Waals surface area contributed by atoms with Crippen LogP contribution < -0.4 is 4.90 Å². The van der Waals surface area contributed by atoms with E-state index in [-0.39, 0.29) is 17.5 Å². The Morgan fingerprint density at radius 3 is 3.05 bits per heavy atom. The molecule has 0 aromatic carbocycles. The molecule has 1 aromatic rings. The molecule has 0 saturated carbocycles. The highest BCUT2D eigenvalue weighted by Crippen LogP contribution is 2.40. The number of pyridine rings is 1. The molecule has 0 aliphatic carbocycles. The largest absolute Gasteiger partial charge is 0.459 e. The maximum absolute atomic E-state index is 12.2. The number of rotatable bonds is 3. The molecule has 2 fully saturated rings. The van der Waals surface area contributed by atoms with Crippen molar-refractivity contribution >= 4 is 11.8 Å². The highest BCUT2D eigenvalue weighted by atomic mass is 16.5. The molecule has 2 aliphatic heterocycles. The van der Waals surface area contributed by atoms with Crippen LogP contribution in [-0.2, 0) is 9.47 Å². The van der Waals surface area contributed by atoms with Gasteiger partial charge < -0.3 is 14.4 Å². The third kappa shape index (κ3) is 2.88. The highest BCUT2D eigenvalue weighted by Gasteiger charge is 2.42. The fraction of sp³-hybridized carbons (Fsp3) is 0.625. The Labute approximate surface area is 125 Å². The first-order valence-corrected chi connectivity index (χ1v) is 7.58. The molecule has 21 heavy (non-hydrogen) atoms. The first kappa shape index (κ1) is 14.3. The summed E-state index contributed by atoms with van der Waals surface area (Å²) in [5.41, 5.74) is 0.804. The minimum atomic E-state index is -0.295. The van der Waals surface area contributed by atoms with Crippen LogP contribution in [0.25, 0.3) is 0 Å². The normalized spacial score (nSPS) is 25.0. The summed E-state index contributed by atoms with van der Waals surface area (Å²) in [4.78, 5) is 18.9. The second-order valence-electron chi connectivity index (χ2n) is 6.30. The first-order valence-electron chi connectivity index (χ1n) is 7.58. The van der Waals surface area contributed by atoms with Crippen LogP contribution in [0.3, 0.4) is 0 Å². The van der Waals surface area contributed by atoms with E-state index >= 15 is 0 Å². The van der Waals surface area contributed by atoms with Gasteiger partial charge in [0.15, 0.2) is 0 Å². The zero-order chi connectivity index (χ0) is 14.9. The average molecular weight is 290 g/mol. The highest BCUT2D eigenvalue weighted by molar-refractivity contribution is 5.94. The Balaban J connectivity index is 1.81. The van der Waals surface area contributed by atoms with E-state index < -0.39 is 0 Å². The summed E-state index contributed by atoms with van der Waals surface area (Å²) in [6, 6.07) is 3.58. The minimum Gasteiger partial charge on any atom is -0.459 e. The van der Waals surface area contributed by atoms with Crippen molar-refractivity contribution in [2.45, 2.75) is 32.8 Å². The molecule has 0 amide bonds. The number of hydrogen-bond donors (Lipinski definition) is 0. The van der Waals surface area contributed by atoms with Crippen LogP contribution >= 0.6 is 0 Å². The van der Waals surface area contributed by atoms with Crippen molar-refractivity contribution in [1.82, 2.24) is 4.98 Å². The van der Waals surface area contributed by atoms with E-state index in [1.54, 1.807) is 18.3 Å². The van der Waals surface area contributed by atoms with Crippen molar-refractivity contribution in [2.75, 3.05) is 31.2 Å². The summed E-state index contributed by atoms with van der Waals surface area (Å²) >= 11 is 0. The molecule has 1 aromatic heterocycles. The van der Waals surface area contributed by atoms with Gasteiger partial charge in [-0.25, -0.2) is 9.78 Å². The van der Waals surface area contributed by atoms with Gasteiger partial charge >= 0.3 is 5.97 Å². The number of hydrogen-bond acceptors (Lipinski definition) is 5. The lowest BCUT2D eigenvalue weighted by atomic mass is 9.87. The fourth-order valence-electron chi connectivity index (χ4n) is 3.17. The maximum atomic E-state index is 12.2. The van der Waals surface area contributed by atoms with Gasteiger partial charge in [0.1, 0.15) is 11.4 Å². The summed E-state index contributed by atoms with van der Waals surface area (Å²) in [5, 5.41) is 0. The lowest BCUT2D eigenvalue weighted by molar-refractivity contribution is 0.0378. The average Bonchev–Trinajstić information content (AvgIpc) is 3.09. The summed E-state index contributed by atoms with van der Waals surface area (Å²) < 4.78 is 10.9. The summed E-state index contributed by atoms with van der Waals surface area (Å²) in [6.07, 6.45) is 3.81. The van der Waals surface area contributed by atoms with Gasteiger partial charge in [-0.15, -0.1) is 0 Å². The van der Waals surface area contributed by atoms with Crippen molar-refractivity contribution in [3.8, 4) is 0 Å². The van der Waals surface area contributed by atoms with Gasteiger partial charge in [-0.05, 0) is 38.8 Å². The molecule has 114 valence electrons. The predicted octanol–water partition coefficient (Wildman–Crippen LogP) is 2.26. The van der Waals surface area contributed by atoms with Gasteiger partial charge in [0.25, 0.3) is 0 Å². The van der Waals surface area contributed by atoms with E-state index in [1.165, 1.54) is 0 Å². The molecule has 3 rings (SSSR count). The molecule has 2 aliphatic rings. The van der Waals surface area contributed by atoms with E-state index in [0.29, 0.717) is 5.56 Å². The number of carbonyl (C=O) groups is 1. The van der Waals surface area contributed by atoms with Crippen molar-refractivity contribution in [3.05, 3.63) is 23.9 Å². The topological polar surface area (TPSA) is 51.7 Å². The number of esters is 1. The summed E-state index contributed by atoms with van der Waals surface area (Å²) in [7, 11) is 0. The van der Waals surface area contributed by atoms with E-state index in [2.05, 4.69) is 9.88 Å². The molecule has 5 nitrogen and oxygen atoms in total. The third-order valence-corrected chi connectivity index (χ3v) is 4.27. The quantitative estimate of drug-likeness (QED) is 0.799. The third-order valence-electron chi connectivity index (χ3n) is 4.27. The lowest BCUT2D eigenvalue weighted by Gasteiger charge is -2.24. The monoisotopic (exact) mass is 290 g/mol. The Hall–Kier alpha value is -1.62. The number of nitrogens with zero attached hydrogens (tertiary/aromatic N) is 2. The van der Waals surface area contributed by atoms with E-state index in [4.69, 9.17) is 9.47 Å². The molecule has 0 N–H and O–H groups in total. The fourth-order valence-corrected chi connectivity index (χ4v) is 3.17. The van der Waals surface area contributed by atoms with E-state index in [1.807, 2.05) is 13.8 Å². The van der Waals surface area contributed by atoms with Gasteiger partial charge in [0, 0.05) is 31.3 Å². The predicted molar refractivity (Wildman–Crippen MR) is 79.5 cm³/mol. The number of aromatic nitrogens is 1. The van der Waals surface area contributed by atoms with E-state index in [0.717, 1.165) is 45.0 Å². The minimum absolute atomic E-state index is 0.126. The number of ether oxygens (including phenoxy) is 2. The standard InChI is InChI=1S/C16H22N2O3/c1-12(2)21-15(19)13-4-3-7-17-14(13)18-8-5-16(10-18)6-9-20-11-16/h3-4,7,12H,5-6,8-11H2,1-2H3/t16-/m0/s1. The molecule has 0 unspecified atom stereocenters. The van der Waals surface area contributed by atoms with Crippen LogP contribution in [0.2, 0.25) is 0 Å². The maximum Gasteiger partial charge on any atom is 0.342 e.